The van der Waals surface area contributed by atoms with E-state index in [0.717, 1.165) is 22.5 Å². The number of likely N-dealkylation sites (N-methyl/N-ethyl adjacent to an activating group) is 1. The summed E-state index contributed by atoms with van der Waals surface area (Å²) in [5.41, 5.74) is 2.69. The third-order valence-corrected chi connectivity index (χ3v) is 5.33. The largest absolute Gasteiger partial charge is 0.314 e. The van der Waals surface area contributed by atoms with E-state index in [4.69, 9.17) is 0 Å². The van der Waals surface area contributed by atoms with Gasteiger partial charge < -0.3 is 10.2 Å². The normalized spacial score (nSPS) is 16.1. The lowest BCUT2D eigenvalue weighted by atomic mass is 9.85. The molecule has 0 radical (unpaired) electrons. The maximum atomic E-state index is 12.4. The van der Waals surface area contributed by atoms with Crippen LogP contribution in [0.2, 0.25) is 0 Å². The number of nitrogens with one attached hydrogen (secondary N) is 1. The van der Waals surface area contributed by atoms with E-state index in [1.165, 1.54) is 11.3 Å². The highest BCUT2D eigenvalue weighted by Crippen LogP contribution is 2.42. The van der Waals surface area contributed by atoms with Crippen molar-refractivity contribution < 1.29 is 9.59 Å². The minimum atomic E-state index is -0.542. The smallest absolute Gasteiger partial charge is 0.236 e. The van der Waals surface area contributed by atoms with Crippen molar-refractivity contribution in [1.29, 1.82) is 0 Å². The third kappa shape index (κ3) is 2.95. The van der Waals surface area contributed by atoms with Gasteiger partial charge in [-0.1, -0.05) is 26.8 Å². The Morgan fingerprint density at radius 2 is 1.96 bits per heavy atom. The van der Waals surface area contributed by atoms with Gasteiger partial charge in [-0.05, 0) is 31.5 Å². The van der Waals surface area contributed by atoms with Gasteiger partial charge in [-0.2, -0.15) is 0 Å². The van der Waals surface area contributed by atoms with Crippen LogP contribution >= 0.6 is 11.3 Å². The fourth-order valence-electron chi connectivity index (χ4n) is 2.88. The van der Waals surface area contributed by atoms with Crippen LogP contribution in [0.1, 0.15) is 40.2 Å². The lowest BCUT2D eigenvalue weighted by Gasteiger charge is -2.16. The van der Waals surface area contributed by atoms with E-state index in [2.05, 4.69) is 10.3 Å². The Hall–Kier alpha value is -2.21. The van der Waals surface area contributed by atoms with Crippen molar-refractivity contribution in [3.8, 4) is 11.3 Å². The first-order chi connectivity index (χ1) is 11.5. The Balaban J connectivity index is 1.92. The number of carbonyl (C=O) groups excluding carboxylic acids is 2. The summed E-state index contributed by atoms with van der Waals surface area (Å²) in [5, 5.41) is 5.37. The van der Waals surface area contributed by atoms with Crippen molar-refractivity contribution in [2.45, 2.75) is 40.0 Å². The predicted octanol–water partition coefficient (Wildman–Crippen LogP) is 4.05. The summed E-state index contributed by atoms with van der Waals surface area (Å²) < 4.78 is 0. The summed E-state index contributed by atoms with van der Waals surface area (Å²) in [4.78, 5) is 30.8. The molecule has 0 saturated carbocycles. The van der Waals surface area contributed by atoms with Crippen LogP contribution in [-0.2, 0) is 15.0 Å². The summed E-state index contributed by atoms with van der Waals surface area (Å²) in [6.07, 6.45) is 0. The van der Waals surface area contributed by atoms with Crippen LogP contribution in [-0.4, -0.2) is 23.8 Å². The zero-order valence-electron chi connectivity index (χ0n) is 15.4. The maximum absolute atomic E-state index is 12.4. The van der Waals surface area contributed by atoms with E-state index in [0.29, 0.717) is 5.13 Å². The molecule has 25 heavy (non-hydrogen) atoms. The molecular formula is C19H23N3O2S. The molecule has 5 nitrogen and oxygen atoms in total. The first-order valence-corrected chi connectivity index (χ1v) is 9.10. The molecule has 0 bridgehead atoms. The van der Waals surface area contributed by atoms with Gasteiger partial charge in [-0.25, -0.2) is 4.98 Å². The van der Waals surface area contributed by atoms with E-state index in [1.807, 2.05) is 58.2 Å². The quantitative estimate of drug-likeness (QED) is 0.882. The van der Waals surface area contributed by atoms with Crippen LogP contribution in [0.15, 0.2) is 23.6 Å². The zero-order chi connectivity index (χ0) is 18.6. The highest BCUT2D eigenvalue weighted by molar-refractivity contribution is 7.14. The van der Waals surface area contributed by atoms with Crippen LogP contribution in [0.3, 0.4) is 0 Å². The average Bonchev–Trinajstić information content (AvgIpc) is 3.05. The molecule has 1 aliphatic heterocycles. The molecule has 132 valence electrons. The molecule has 1 N–H and O–H groups in total. The Morgan fingerprint density at radius 1 is 1.28 bits per heavy atom. The number of amides is 2. The monoisotopic (exact) mass is 357 g/mol. The van der Waals surface area contributed by atoms with E-state index < -0.39 is 10.8 Å². The first-order valence-electron chi connectivity index (χ1n) is 8.22. The van der Waals surface area contributed by atoms with Gasteiger partial charge >= 0.3 is 0 Å². The number of benzene rings is 1. The lowest BCUT2D eigenvalue weighted by Crippen LogP contribution is -2.33. The number of anilines is 2. The molecule has 0 fully saturated rings. The minimum Gasteiger partial charge on any atom is -0.314 e. The summed E-state index contributed by atoms with van der Waals surface area (Å²) in [6, 6.07) is 5.96. The van der Waals surface area contributed by atoms with Crippen molar-refractivity contribution in [3.63, 3.8) is 0 Å². The van der Waals surface area contributed by atoms with Gasteiger partial charge in [0.15, 0.2) is 5.13 Å². The summed E-state index contributed by atoms with van der Waals surface area (Å²) in [6.45, 7) is 9.49. The Kier molecular flexibility index (Phi) is 3.99. The van der Waals surface area contributed by atoms with Gasteiger partial charge in [0.05, 0.1) is 11.1 Å². The fraction of sp³-hybridized carbons (Fsp3) is 0.421. The molecule has 2 heterocycles. The molecule has 0 aliphatic carbocycles. The fourth-order valence-corrected chi connectivity index (χ4v) is 3.60. The van der Waals surface area contributed by atoms with Crippen molar-refractivity contribution in [1.82, 2.24) is 4.98 Å². The van der Waals surface area contributed by atoms with Gasteiger partial charge in [-0.3, -0.25) is 9.59 Å². The molecule has 2 amide bonds. The second-order valence-corrected chi connectivity index (χ2v) is 8.82. The molecular weight excluding hydrogens is 334 g/mol. The highest BCUT2D eigenvalue weighted by atomic mass is 32.1. The number of hydrogen-bond donors (Lipinski definition) is 1. The van der Waals surface area contributed by atoms with Crippen LogP contribution in [0.25, 0.3) is 11.3 Å². The molecule has 1 aromatic heterocycles. The molecule has 6 heteroatoms. The average molecular weight is 357 g/mol. The van der Waals surface area contributed by atoms with Crippen molar-refractivity contribution in [3.05, 3.63) is 29.1 Å². The third-order valence-electron chi connectivity index (χ3n) is 4.57. The predicted molar refractivity (Wildman–Crippen MR) is 102 cm³/mol. The highest BCUT2D eigenvalue weighted by Gasteiger charge is 2.42. The van der Waals surface area contributed by atoms with Crippen LogP contribution < -0.4 is 10.2 Å². The van der Waals surface area contributed by atoms with Crippen LogP contribution in [0, 0.1) is 5.41 Å². The summed E-state index contributed by atoms with van der Waals surface area (Å²) in [5.74, 6) is 0.0340. The Labute approximate surface area is 152 Å². The van der Waals surface area contributed by atoms with Gasteiger partial charge in [0.25, 0.3) is 0 Å². The van der Waals surface area contributed by atoms with Gasteiger partial charge in [0, 0.05) is 29.1 Å². The number of hydrogen-bond acceptors (Lipinski definition) is 4. The Morgan fingerprint density at radius 3 is 2.60 bits per heavy atom. The number of aromatic nitrogens is 1. The van der Waals surface area contributed by atoms with Gasteiger partial charge in [-0.15, -0.1) is 11.3 Å². The first kappa shape index (κ1) is 17.6. The number of fused-ring (bicyclic) bond motifs is 1. The standard InChI is InChI=1S/C19H23N3O2S/c1-18(2,3)15(23)21-17-20-13(10-25-17)11-7-8-14-12(9-11)19(4,5)16(24)22(14)6/h7-10H,1-6H3,(H,20,21,23). The maximum Gasteiger partial charge on any atom is 0.236 e. The summed E-state index contributed by atoms with van der Waals surface area (Å²) >= 11 is 1.40. The van der Waals surface area contributed by atoms with Crippen molar-refractivity contribution >= 4 is 34.0 Å². The van der Waals surface area contributed by atoms with Gasteiger partial charge in [0.1, 0.15) is 0 Å². The summed E-state index contributed by atoms with van der Waals surface area (Å²) in [7, 11) is 1.80. The van der Waals surface area contributed by atoms with Gasteiger partial charge in [0.2, 0.25) is 11.8 Å². The molecule has 2 aromatic rings. The van der Waals surface area contributed by atoms with E-state index in [1.54, 1.807) is 11.9 Å². The molecule has 0 unspecified atom stereocenters. The van der Waals surface area contributed by atoms with Crippen molar-refractivity contribution in [2.24, 2.45) is 5.41 Å². The van der Waals surface area contributed by atoms with E-state index in [9.17, 15) is 9.59 Å². The SMILES string of the molecule is CN1C(=O)C(C)(C)c2cc(-c3csc(NC(=O)C(C)(C)C)n3)ccc21. The molecule has 0 saturated heterocycles. The van der Waals surface area contributed by atoms with E-state index >= 15 is 0 Å². The molecule has 0 spiro atoms. The number of rotatable bonds is 2. The van der Waals surface area contributed by atoms with Crippen LogP contribution in [0.4, 0.5) is 10.8 Å². The number of thiazole rings is 1. The minimum absolute atomic E-state index is 0.0595. The van der Waals surface area contributed by atoms with Crippen LogP contribution in [0.5, 0.6) is 0 Å². The van der Waals surface area contributed by atoms with Crippen molar-refractivity contribution in [2.75, 3.05) is 17.3 Å². The molecule has 1 aliphatic rings. The lowest BCUT2D eigenvalue weighted by molar-refractivity contribution is -0.123. The number of carbonyl (C=O) groups is 2. The molecule has 1 aromatic carbocycles. The number of nitrogens with zero attached hydrogens (tertiary/aromatic N) is 2. The second kappa shape index (κ2) is 5.66. The molecule has 0 atom stereocenters. The zero-order valence-corrected chi connectivity index (χ0v) is 16.2. The molecule has 3 rings (SSSR count). The van der Waals surface area contributed by atoms with E-state index in [-0.39, 0.29) is 11.8 Å². The topological polar surface area (TPSA) is 62.3 Å². The Bertz CT molecular complexity index is 862. The second-order valence-electron chi connectivity index (χ2n) is 7.96.